The Hall–Kier alpha value is -1.15. The fraction of sp³-hybridized carbons (Fsp3) is 0.286. The Bertz CT molecular complexity index is 824. The molecule has 0 amide bonds. The Kier molecular flexibility index (Phi) is 3.92. The van der Waals surface area contributed by atoms with Crippen LogP contribution in [0.2, 0.25) is 0 Å². The van der Waals surface area contributed by atoms with Gasteiger partial charge in [-0.25, -0.2) is 14.1 Å². The van der Waals surface area contributed by atoms with Crippen LogP contribution in [-0.4, -0.2) is 25.2 Å². The number of nitrogens with zero attached hydrogens (tertiary/aromatic N) is 4. The second-order valence-electron chi connectivity index (χ2n) is 4.78. The van der Waals surface area contributed by atoms with Gasteiger partial charge in [0, 0.05) is 22.9 Å². The molecule has 0 fully saturated rings. The first-order chi connectivity index (χ1) is 10.0. The monoisotopic (exact) mass is 418 g/mol. The van der Waals surface area contributed by atoms with Crippen LogP contribution < -0.4 is 0 Å². The predicted octanol–water partition coefficient (Wildman–Crippen LogP) is 3.59. The third-order valence-electron chi connectivity index (χ3n) is 3.34. The number of halogens is 3. The molecule has 0 bridgehead atoms. The summed E-state index contributed by atoms with van der Waals surface area (Å²) in [6, 6.07) is 4.73. The van der Waals surface area contributed by atoms with E-state index in [1.54, 1.807) is 10.7 Å². The molecule has 0 saturated heterocycles. The molecule has 2 aromatic heterocycles. The van der Waals surface area contributed by atoms with E-state index in [2.05, 4.69) is 32.7 Å². The van der Waals surface area contributed by atoms with Gasteiger partial charge >= 0.3 is 0 Å². The molecule has 21 heavy (non-hydrogen) atoms. The van der Waals surface area contributed by atoms with E-state index in [0.29, 0.717) is 12.3 Å². The third-order valence-corrected chi connectivity index (χ3v) is 4.39. The van der Waals surface area contributed by atoms with E-state index in [1.165, 1.54) is 12.1 Å². The number of imidazole rings is 1. The highest BCUT2D eigenvalue weighted by Crippen LogP contribution is 2.27. The van der Waals surface area contributed by atoms with Gasteiger partial charge in [0.05, 0.1) is 11.4 Å². The van der Waals surface area contributed by atoms with E-state index < -0.39 is 0 Å². The van der Waals surface area contributed by atoms with Gasteiger partial charge in [-0.2, -0.15) is 5.10 Å². The lowest BCUT2D eigenvalue weighted by molar-refractivity contribution is 0.626. The zero-order valence-corrected chi connectivity index (χ0v) is 14.5. The van der Waals surface area contributed by atoms with Gasteiger partial charge in [0.15, 0.2) is 5.65 Å². The number of rotatable bonds is 3. The summed E-state index contributed by atoms with van der Waals surface area (Å²) in [5, 5.41) is 4.41. The van der Waals surface area contributed by atoms with Gasteiger partial charge in [-0.1, -0.05) is 0 Å². The van der Waals surface area contributed by atoms with Crippen LogP contribution in [0, 0.1) is 16.3 Å². The molecule has 1 aromatic carbocycles. The van der Waals surface area contributed by atoms with Crippen LogP contribution in [-0.2, 0) is 13.5 Å². The van der Waals surface area contributed by atoms with Gasteiger partial charge in [0.25, 0.3) is 0 Å². The van der Waals surface area contributed by atoms with Crippen molar-refractivity contribution in [3.8, 4) is 5.69 Å². The first-order valence-corrected chi connectivity index (χ1v) is 8.06. The van der Waals surface area contributed by atoms with Crippen LogP contribution in [0.1, 0.15) is 11.5 Å². The topological polar surface area (TPSA) is 35.6 Å². The summed E-state index contributed by atoms with van der Waals surface area (Å²) >= 11 is 8.03. The maximum atomic E-state index is 13.4. The third kappa shape index (κ3) is 2.44. The second-order valence-corrected chi connectivity index (χ2v) is 6.32. The van der Waals surface area contributed by atoms with Crippen LogP contribution in [0.4, 0.5) is 4.39 Å². The van der Waals surface area contributed by atoms with Crippen LogP contribution in [0.5, 0.6) is 0 Å². The van der Waals surface area contributed by atoms with E-state index >= 15 is 0 Å². The van der Waals surface area contributed by atoms with Gasteiger partial charge in [-0.3, -0.25) is 4.57 Å². The quantitative estimate of drug-likeness (QED) is 0.481. The Labute approximate surface area is 140 Å². The van der Waals surface area contributed by atoms with Crippen LogP contribution in [0.15, 0.2) is 18.2 Å². The standard InChI is InChI=1S/C14H13ClFIN4/c1-8-13-14(20(2)19-8)21(12(18-13)5-6-15)11-4-3-9(16)7-10(11)17/h3-4,7H,5-6H2,1-2H3. The van der Waals surface area contributed by atoms with Crippen molar-refractivity contribution in [3.05, 3.63) is 39.1 Å². The Morgan fingerprint density at radius 1 is 1.38 bits per heavy atom. The lowest BCUT2D eigenvalue weighted by atomic mass is 10.3. The highest BCUT2D eigenvalue weighted by atomic mass is 127. The van der Waals surface area contributed by atoms with Crippen LogP contribution in [0.3, 0.4) is 0 Å². The summed E-state index contributed by atoms with van der Waals surface area (Å²) in [7, 11) is 1.88. The molecule has 0 radical (unpaired) electrons. The molecule has 0 aliphatic rings. The summed E-state index contributed by atoms with van der Waals surface area (Å²) in [4.78, 5) is 4.66. The highest BCUT2D eigenvalue weighted by molar-refractivity contribution is 14.1. The first-order valence-electron chi connectivity index (χ1n) is 6.45. The number of hydrogen-bond acceptors (Lipinski definition) is 2. The molecule has 2 heterocycles. The molecule has 0 aliphatic heterocycles. The molecule has 3 rings (SSSR count). The Morgan fingerprint density at radius 2 is 2.14 bits per heavy atom. The number of fused-ring (bicyclic) bond motifs is 1. The van der Waals surface area contributed by atoms with E-state index in [1.807, 2.05) is 18.5 Å². The van der Waals surface area contributed by atoms with E-state index in [-0.39, 0.29) is 5.82 Å². The molecule has 0 unspecified atom stereocenters. The van der Waals surface area contributed by atoms with E-state index in [0.717, 1.165) is 31.9 Å². The summed E-state index contributed by atoms with van der Waals surface area (Å²) in [5.74, 6) is 1.09. The molecule has 0 atom stereocenters. The number of benzene rings is 1. The summed E-state index contributed by atoms with van der Waals surface area (Å²) < 4.78 is 18.0. The van der Waals surface area contributed by atoms with Crippen molar-refractivity contribution in [3.63, 3.8) is 0 Å². The fourth-order valence-electron chi connectivity index (χ4n) is 2.49. The maximum Gasteiger partial charge on any atom is 0.163 e. The van der Waals surface area contributed by atoms with Crippen LogP contribution in [0.25, 0.3) is 16.9 Å². The summed E-state index contributed by atoms with van der Waals surface area (Å²) in [5.41, 5.74) is 3.52. The molecule has 110 valence electrons. The number of aryl methyl sites for hydroxylation is 3. The average Bonchev–Trinajstić information content (AvgIpc) is 2.90. The average molecular weight is 419 g/mol. The van der Waals surface area contributed by atoms with Crippen molar-refractivity contribution in [2.75, 3.05) is 5.88 Å². The summed E-state index contributed by atoms with van der Waals surface area (Å²) in [6.07, 6.45) is 0.642. The number of aromatic nitrogens is 4. The zero-order valence-electron chi connectivity index (χ0n) is 11.6. The van der Waals surface area contributed by atoms with Crippen molar-refractivity contribution in [2.24, 2.45) is 7.05 Å². The smallest absolute Gasteiger partial charge is 0.163 e. The molecule has 0 N–H and O–H groups in total. The van der Waals surface area contributed by atoms with E-state index in [4.69, 9.17) is 11.6 Å². The van der Waals surface area contributed by atoms with Gasteiger partial charge in [-0.15, -0.1) is 11.6 Å². The maximum absolute atomic E-state index is 13.4. The Balaban J connectivity index is 2.35. The molecule has 7 heteroatoms. The fourth-order valence-corrected chi connectivity index (χ4v) is 3.37. The van der Waals surface area contributed by atoms with Crippen molar-refractivity contribution in [1.82, 2.24) is 19.3 Å². The lowest BCUT2D eigenvalue weighted by Gasteiger charge is -2.11. The van der Waals surface area contributed by atoms with Gasteiger partial charge in [-0.05, 0) is 47.7 Å². The van der Waals surface area contributed by atoms with Crippen molar-refractivity contribution < 1.29 is 4.39 Å². The zero-order chi connectivity index (χ0) is 15.1. The van der Waals surface area contributed by atoms with Crippen molar-refractivity contribution in [1.29, 1.82) is 0 Å². The van der Waals surface area contributed by atoms with Gasteiger partial charge in [0.2, 0.25) is 0 Å². The minimum atomic E-state index is -0.250. The van der Waals surface area contributed by atoms with Gasteiger partial charge < -0.3 is 0 Å². The molecule has 0 aliphatic carbocycles. The molecular formula is C14H13ClFIN4. The molecule has 4 nitrogen and oxygen atoms in total. The minimum Gasteiger partial charge on any atom is -0.280 e. The lowest BCUT2D eigenvalue weighted by Crippen LogP contribution is -2.07. The molecule has 0 spiro atoms. The first kappa shape index (κ1) is 14.8. The van der Waals surface area contributed by atoms with E-state index in [9.17, 15) is 4.39 Å². The van der Waals surface area contributed by atoms with Gasteiger partial charge in [0.1, 0.15) is 17.2 Å². The van der Waals surface area contributed by atoms with Crippen molar-refractivity contribution in [2.45, 2.75) is 13.3 Å². The minimum absolute atomic E-state index is 0.250. The predicted molar refractivity (Wildman–Crippen MR) is 89.7 cm³/mol. The second kappa shape index (κ2) is 5.57. The molecular weight excluding hydrogens is 406 g/mol. The summed E-state index contributed by atoms with van der Waals surface area (Å²) in [6.45, 7) is 1.93. The van der Waals surface area contributed by atoms with Crippen LogP contribution >= 0.6 is 34.2 Å². The largest absolute Gasteiger partial charge is 0.280 e. The van der Waals surface area contributed by atoms with Crippen molar-refractivity contribution >= 4 is 45.4 Å². The normalized spacial score (nSPS) is 11.5. The highest BCUT2D eigenvalue weighted by Gasteiger charge is 2.19. The number of alkyl halides is 1. The molecule has 3 aromatic rings. The number of hydrogen-bond donors (Lipinski definition) is 0. The molecule has 0 saturated carbocycles. The SMILES string of the molecule is Cc1nn(C)c2c1nc(CCCl)n2-c1ccc(F)cc1I. The Morgan fingerprint density at radius 3 is 2.81 bits per heavy atom.